The molecule has 0 spiro atoms. The minimum absolute atomic E-state index is 0.135. The van der Waals surface area contributed by atoms with Gasteiger partial charge in [0.2, 0.25) is 0 Å². The molecule has 0 saturated heterocycles. The lowest BCUT2D eigenvalue weighted by Crippen LogP contribution is -1.89. The van der Waals surface area contributed by atoms with Crippen molar-refractivity contribution >= 4 is 22.5 Å². The molecule has 0 amide bonds. The maximum absolute atomic E-state index is 8.93. The highest BCUT2D eigenvalue weighted by molar-refractivity contribution is 6.31. The van der Waals surface area contributed by atoms with Crippen LogP contribution in [0.15, 0.2) is 41.1 Å². The molecule has 0 radical (unpaired) electrons. The largest absolute Gasteiger partial charge is 0.443 e. The molecule has 5 heteroatoms. The minimum Gasteiger partial charge on any atom is -0.443 e. The van der Waals surface area contributed by atoms with Crippen molar-refractivity contribution in [1.82, 2.24) is 9.97 Å². The van der Waals surface area contributed by atoms with E-state index in [9.17, 15) is 0 Å². The average Bonchev–Trinajstić information content (AvgIpc) is 2.86. The van der Waals surface area contributed by atoms with Crippen LogP contribution in [0.4, 0.5) is 0 Å². The Bertz CT molecular complexity index is 724. The van der Waals surface area contributed by atoms with Crippen molar-refractivity contribution < 1.29 is 9.52 Å². The van der Waals surface area contributed by atoms with Gasteiger partial charge in [0.15, 0.2) is 5.89 Å². The monoisotopic (exact) mass is 274 g/mol. The number of rotatable bonds is 3. The zero-order valence-electron chi connectivity index (χ0n) is 10.0. The smallest absolute Gasteiger partial charge is 0.198 e. The molecule has 1 N–H and O–H groups in total. The van der Waals surface area contributed by atoms with Gasteiger partial charge in [-0.1, -0.05) is 17.7 Å². The molecule has 0 bridgehead atoms. The van der Waals surface area contributed by atoms with E-state index in [-0.39, 0.29) is 6.61 Å². The molecular formula is C14H11ClN2O2. The molecule has 96 valence electrons. The predicted octanol–water partition coefficient (Wildman–Crippen LogP) is 2.96. The van der Waals surface area contributed by atoms with E-state index < -0.39 is 0 Å². The third-order valence-electron chi connectivity index (χ3n) is 2.82. The summed E-state index contributed by atoms with van der Waals surface area (Å²) in [5.74, 6) is 1.05. The number of benzene rings is 1. The number of hydrogen-bond donors (Lipinski definition) is 1. The van der Waals surface area contributed by atoms with Gasteiger partial charge in [0, 0.05) is 18.0 Å². The van der Waals surface area contributed by atoms with E-state index in [1.165, 1.54) is 6.20 Å². The normalized spacial score (nSPS) is 11.1. The van der Waals surface area contributed by atoms with E-state index in [4.69, 9.17) is 21.1 Å². The molecule has 1 aromatic carbocycles. The zero-order valence-corrected chi connectivity index (χ0v) is 10.8. The summed E-state index contributed by atoms with van der Waals surface area (Å²) in [5, 5.41) is 10.5. The lowest BCUT2D eigenvalue weighted by Gasteiger charge is -2.01. The number of oxazole rings is 1. The second kappa shape index (κ2) is 4.99. The Morgan fingerprint density at radius 1 is 1.16 bits per heavy atom. The van der Waals surface area contributed by atoms with E-state index in [1.807, 2.05) is 24.3 Å². The maximum Gasteiger partial charge on any atom is 0.198 e. The lowest BCUT2D eigenvalue weighted by atomic mass is 10.1. The van der Waals surface area contributed by atoms with Gasteiger partial charge >= 0.3 is 0 Å². The van der Waals surface area contributed by atoms with Crippen LogP contribution in [0.3, 0.4) is 0 Å². The zero-order chi connectivity index (χ0) is 13.2. The van der Waals surface area contributed by atoms with Crippen LogP contribution in [0.2, 0.25) is 5.02 Å². The highest BCUT2D eigenvalue weighted by Gasteiger charge is 2.05. The first-order valence-corrected chi connectivity index (χ1v) is 6.21. The Morgan fingerprint density at radius 3 is 2.84 bits per heavy atom. The highest BCUT2D eigenvalue weighted by Crippen LogP contribution is 2.20. The number of fused-ring (bicyclic) bond motifs is 1. The molecule has 0 aliphatic carbocycles. The molecule has 0 fully saturated rings. The van der Waals surface area contributed by atoms with Gasteiger partial charge in [-0.15, -0.1) is 0 Å². The fourth-order valence-corrected chi connectivity index (χ4v) is 2.11. The molecule has 0 unspecified atom stereocenters. The second-order valence-corrected chi connectivity index (χ2v) is 4.67. The molecule has 3 aromatic rings. The first-order valence-electron chi connectivity index (χ1n) is 5.83. The summed E-state index contributed by atoms with van der Waals surface area (Å²) in [5.41, 5.74) is 1.96. The molecular weight excluding hydrogens is 264 g/mol. The first-order chi connectivity index (χ1) is 9.24. The van der Waals surface area contributed by atoms with Crippen LogP contribution in [0.1, 0.15) is 17.2 Å². The van der Waals surface area contributed by atoms with Gasteiger partial charge in [0.1, 0.15) is 12.4 Å². The molecule has 0 aliphatic heterocycles. The average molecular weight is 275 g/mol. The minimum atomic E-state index is -0.135. The van der Waals surface area contributed by atoms with Crippen molar-refractivity contribution in [3.63, 3.8) is 0 Å². The standard InChI is InChI=1S/C14H11ClN2O2/c15-11-5-10-3-9(1-2-13(10)16-6-11)4-14-17-7-12(8-18)19-14/h1-3,5-7,18H,4,8H2. The fourth-order valence-electron chi connectivity index (χ4n) is 1.94. The Morgan fingerprint density at radius 2 is 2.05 bits per heavy atom. The van der Waals surface area contributed by atoms with Gasteiger partial charge in [-0.3, -0.25) is 4.98 Å². The third kappa shape index (κ3) is 2.59. The maximum atomic E-state index is 8.93. The number of hydrogen-bond acceptors (Lipinski definition) is 4. The molecule has 4 nitrogen and oxygen atoms in total. The molecule has 0 atom stereocenters. The van der Waals surface area contributed by atoms with E-state index in [2.05, 4.69) is 9.97 Å². The molecule has 0 saturated carbocycles. The van der Waals surface area contributed by atoms with Crippen LogP contribution in [-0.2, 0) is 13.0 Å². The molecule has 2 heterocycles. The van der Waals surface area contributed by atoms with Crippen LogP contribution in [-0.4, -0.2) is 15.1 Å². The Hall–Kier alpha value is -1.91. The fraction of sp³-hybridized carbons (Fsp3) is 0.143. The van der Waals surface area contributed by atoms with Crippen LogP contribution in [0.25, 0.3) is 10.9 Å². The van der Waals surface area contributed by atoms with Crippen LogP contribution < -0.4 is 0 Å². The summed E-state index contributed by atoms with van der Waals surface area (Å²) in [6, 6.07) is 7.81. The van der Waals surface area contributed by atoms with Crippen molar-refractivity contribution in [1.29, 1.82) is 0 Å². The summed E-state index contributed by atoms with van der Waals surface area (Å²) in [6.07, 6.45) is 3.74. The van der Waals surface area contributed by atoms with Crippen molar-refractivity contribution in [3.05, 3.63) is 58.9 Å². The summed E-state index contributed by atoms with van der Waals surface area (Å²) < 4.78 is 5.37. The Balaban J connectivity index is 1.92. The highest BCUT2D eigenvalue weighted by atomic mass is 35.5. The van der Waals surface area contributed by atoms with Crippen molar-refractivity contribution in [3.8, 4) is 0 Å². The molecule has 2 aromatic heterocycles. The number of nitrogens with zero attached hydrogens (tertiary/aromatic N) is 2. The molecule has 0 aliphatic rings. The van der Waals surface area contributed by atoms with Crippen LogP contribution >= 0.6 is 11.6 Å². The lowest BCUT2D eigenvalue weighted by molar-refractivity contribution is 0.244. The Labute approximate surface area is 114 Å². The number of aromatic nitrogens is 2. The van der Waals surface area contributed by atoms with Crippen molar-refractivity contribution in [2.24, 2.45) is 0 Å². The summed E-state index contributed by atoms with van der Waals surface area (Å²) >= 11 is 5.93. The van der Waals surface area contributed by atoms with E-state index in [0.29, 0.717) is 23.1 Å². The van der Waals surface area contributed by atoms with Crippen LogP contribution in [0, 0.1) is 0 Å². The predicted molar refractivity (Wildman–Crippen MR) is 72.0 cm³/mol. The quantitative estimate of drug-likeness (QED) is 0.798. The second-order valence-electron chi connectivity index (χ2n) is 4.24. The van der Waals surface area contributed by atoms with Gasteiger partial charge in [-0.05, 0) is 23.8 Å². The van der Waals surface area contributed by atoms with E-state index >= 15 is 0 Å². The summed E-state index contributed by atoms with van der Waals surface area (Å²) in [7, 11) is 0. The van der Waals surface area contributed by atoms with Gasteiger partial charge in [-0.2, -0.15) is 0 Å². The van der Waals surface area contributed by atoms with Gasteiger partial charge in [-0.25, -0.2) is 4.98 Å². The molecule has 3 rings (SSSR count). The third-order valence-corrected chi connectivity index (χ3v) is 3.03. The van der Waals surface area contributed by atoms with Gasteiger partial charge in [0.05, 0.1) is 16.7 Å². The Kier molecular flexibility index (Phi) is 3.19. The summed E-state index contributed by atoms with van der Waals surface area (Å²) in [6.45, 7) is -0.135. The first kappa shape index (κ1) is 12.1. The van der Waals surface area contributed by atoms with Crippen molar-refractivity contribution in [2.45, 2.75) is 13.0 Å². The van der Waals surface area contributed by atoms with E-state index in [0.717, 1.165) is 16.5 Å². The number of aliphatic hydroxyl groups is 1. The number of pyridine rings is 1. The topological polar surface area (TPSA) is 59.2 Å². The summed E-state index contributed by atoms with van der Waals surface area (Å²) in [4.78, 5) is 8.35. The van der Waals surface area contributed by atoms with Crippen molar-refractivity contribution in [2.75, 3.05) is 0 Å². The van der Waals surface area contributed by atoms with Gasteiger partial charge in [0.25, 0.3) is 0 Å². The van der Waals surface area contributed by atoms with Gasteiger partial charge < -0.3 is 9.52 Å². The molecule has 19 heavy (non-hydrogen) atoms. The number of aliphatic hydroxyl groups excluding tert-OH is 1. The van der Waals surface area contributed by atoms with E-state index in [1.54, 1.807) is 6.20 Å². The SMILES string of the molecule is OCc1cnc(Cc2ccc3ncc(Cl)cc3c2)o1. The van der Waals surface area contributed by atoms with Crippen LogP contribution in [0.5, 0.6) is 0 Å². The number of halogens is 1.